The van der Waals surface area contributed by atoms with Crippen LogP contribution in [0.15, 0.2) is 60.7 Å². The molecule has 3 rings (SSSR count). The summed E-state index contributed by atoms with van der Waals surface area (Å²) in [7, 11) is 0. The van der Waals surface area contributed by atoms with E-state index in [9.17, 15) is 4.79 Å². The lowest BCUT2D eigenvalue weighted by Crippen LogP contribution is -2.20. The van der Waals surface area contributed by atoms with Crippen LogP contribution in [0.4, 0.5) is 5.69 Å². The average Bonchev–Trinajstić information content (AvgIpc) is 2.84. The highest BCUT2D eigenvalue weighted by molar-refractivity contribution is 5.90. The predicted octanol–water partition coefficient (Wildman–Crippen LogP) is 3.93. The second-order valence-corrected chi connectivity index (χ2v) is 5.49. The van der Waals surface area contributed by atoms with Crippen LogP contribution in [-0.2, 0) is 11.3 Å². The standard InChI is InChI=1S/C19H19N3O2/c1-14-19(24-17-11-7-4-8-12-17)15(2)22(21-14)13-18(23)20-16-9-5-3-6-10-16/h3-12H,13H2,1-2H3,(H,20,23). The smallest absolute Gasteiger partial charge is 0.246 e. The van der Waals surface area contributed by atoms with Crippen molar-refractivity contribution in [2.24, 2.45) is 0 Å². The highest BCUT2D eigenvalue weighted by atomic mass is 16.5. The number of ether oxygens (including phenoxy) is 1. The fraction of sp³-hybridized carbons (Fsp3) is 0.158. The van der Waals surface area contributed by atoms with Gasteiger partial charge in [0.2, 0.25) is 5.91 Å². The zero-order valence-corrected chi connectivity index (χ0v) is 13.7. The molecule has 0 unspecified atom stereocenters. The Morgan fingerprint density at radius 2 is 1.67 bits per heavy atom. The third-order valence-corrected chi connectivity index (χ3v) is 3.63. The lowest BCUT2D eigenvalue weighted by atomic mass is 10.3. The van der Waals surface area contributed by atoms with E-state index in [1.807, 2.05) is 74.5 Å². The number of aryl methyl sites for hydroxylation is 1. The molecule has 0 aliphatic rings. The van der Waals surface area contributed by atoms with Crippen LogP contribution in [0.1, 0.15) is 11.4 Å². The Balaban J connectivity index is 1.73. The zero-order chi connectivity index (χ0) is 16.9. The number of carbonyl (C=O) groups excluding carboxylic acids is 1. The molecular weight excluding hydrogens is 302 g/mol. The summed E-state index contributed by atoms with van der Waals surface area (Å²) >= 11 is 0. The molecular formula is C19H19N3O2. The van der Waals surface area contributed by atoms with E-state index < -0.39 is 0 Å². The van der Waals surface area contributed by atoms with Gasteiger partial charge in [-0.3, -0.25) is 9.48 Å². The molecule has 0 bridgehead atoms. The molecule has 0 radical (unpaired) electrons. The summed E-state index contributed by atoms with van der Waals surface area (Å²) in [6, 6.07) is 18.9. The number of para-hydroxylation sites is 2. The van der Waals surface area contributed by atoms with Crippen molar-refractivity contribution in [1.82, 2.24) is 9.78 Å². The Morgan fingerprint density at radius 1 is 1.04 bits per heavy atom. The van der Waals surface area contributed by atoms with E-state index in [0.29, 0.717) is 5.75 Å². The monoisotopic (exact) mass is 321 g/mol. The number of rotatable bonds is 5. The van der Waals surface area contributed by atoms with Crippen molar-refractivity contribution in [3.05, 3.63) is 72.1 Å². The first kappa shape index (κ1) is 15.8. The molecule has 122 valence electrons. The van der Waals surface area contributed by atoms with Gasteiger partial charge in [-0.2, -0.15) is 5.10 Å². The SMILES string of the molecule is Cc1nn(CC(=O)Nc2ccccc2)c(C)c1Oc1ccccc1. The normalized spacial score (nSPS) is 10.4. The van der Waals surface area contributed by atoms with Crippen LogP contribution in [0.5, 0.6) is 11.5 Å². The van der Waals surface area contributed by atoms with E-state index in [2.05, 4.69) is 10.4 Å². The minimum Gasteiger partial charge on any atom is -0.453 e. The molecule has 24 heavy (non-hydrogen) atoms. The van der Waals surface area contributed by atoms with Gasteiger partial charge in [-0.25, -0.2) is 0 Å². The number of benzene rings is 2. The maximum atomic E-state index is 12.2. The van der Waals surface area contributed by atoms with Crippen molar-refractivity contribution in [3.8, 4) is 11.5 Å². The highest BCUT2D eigenvalue weighted by Gasteiger charge is 2.16. The Hall–Kier alpha value is -3.08. The Kier molecular flexibility index (Phi) is 4.61. The second-order valence-electron chi connectivity index (χ2n) is 5.49. The predicted molar refractivity (Wildman–Crippen MR) is 93.3 cm³/mol. The molecule has 1 aromatic heterocycles. The van der Waals surface area contributed by atoms with E-state index >= 15 is 0 Å². The number of amides is 1. The van der Waals surface area contributed by atoms with Gasteiger partial charge < -0.3 is 10.1 Å². The topological polar surface area (TPSA) is 56.2 Å². The number of nitrogens with one attached hydrogen (secondary N) is 1. The number of nitrogens with zero attached hydrogens (tertiary/aromatic N) is 2. The van der Waals surface area contributed by atoms with Gasteiger partial charge in [-0.15, -0.1) is 0 Å². The molecule has 1 amide bonds. The minimum absolute atomic E-state index is 0.127. The maximum Gasteiger partial charge on any atom is 0.246 e. The molecule has 0 saturated carbocycles. The van der Waals surface area contributed by atoms with Crippen molar-refractivity contribution >= 4 is 11.6 Å². The molecule has 1 N–H and O–H groups in total. The molecule has 1 heterocycles. The first-order chi connectivity index (χ1) is 11.6. The summed E-state index contributed by atoms with van der Waals surface area (Å²) in [6.07, 6.45) is 0. The number of hydrogen-bond acceptors (Lipinski definition) is 3. The van der Waals surface area contributed by atoms with Gasteiger partial charge in [0.25, 0.3) is 0 Å². The van der Waals surface area contributed by atoms with Crippen molar-refractivity contribution in [2.45, 2.75) is 20.4 Å². The molecule has 2 aromatic carbocycles. The summed E-state index contributed by atoms with van der Waals surface area (Å²) in [5, 5.41) is 7.27. The van der Waals surface area contributed by atoms with Crippen LogP contribution < -0.4 is 10.1 Å². The van der Waals surface area contributed by atoms with Crippen molar-refractivity contribution in [2.75, 3.05) is 5.32 Å². The van der Waals surface area contributed by atoms with Gasteiger partial charge in [0.05, 0.1) is 5.69 Å². The van der Waals surface area contributed by atoms with Crippen LogP contribution in [-0.4, -0.2) is 15.7 Å². The van der Waals surface area contributed by atoms with E-state index in [-0.39, 0.29) is 12.5 Å². The summed E-state index contributed by atoms with van der Waals surface area (Å²) in [5.74, 6) is 1.31. The van der Waals surface area contributed by atoms with Crippen LogP contribution in [0, 0.1) is 13.8 Å². The first-order valence-corrected chi connectivity index (χ1v) is 7.75. The lowest BCUT2D eigenvalue weighted by Gasteiger charge is -2.08. The minimum atomic E-state index is -0.127. The highest BCUT2D eigenvalue weighted by Crippen LogP contribution is 2.28. The second kappa shape index (κ2) is 7.00. The quantitative estimate of drug-likeness (QED) is 0.774. The van der Waals surface area contributed by atoms with Crippen LogP contribution in [0.3, 0.4) is 0 Å². The molecule has 0 saturated heterocycles. The summed E-state index contributed by atoms with van der Waals surface area (Å²) in [5.41, 5.74) is 2.34. The molecule has 3 aromatic rings. The number of carbonyl (C=O) groups is 1. The molecule has 0 fully saturated rings. The molecule has 0 aliphatic heterocycles. The summed E-state index contributed by atoms with van der Waals surface area (Å²) in [4.78, 5) is 12.2. The third-order valence-electron chi connectivity index (χ3n) is 3.63. The first-order valence-electron chi connectivity index (χ1n) is 7.75. The third kappa shape index (κ3) is 3.63. The fourth-order valence-electron chi connectivity index (χ4n) is 2.45. The largest absolute Gasteiger partial charge is 0.453 e. The van der Waals surface area contributed by atoms with Crippen LogP contribution in [0.25, 0.3) is 0 Å². The van der Waals surface area contributed by atoms with Gasteiger partial charge in [-0.1, -0.05) is 36.4 Å². The molecule has 0 atom stereocenters. The van der Waals surface area contributed by atoms with Crippen molar-refractivity contribution < 1.29 is 9.53 Å². The average molecular weight is 321 g/mol. The number of aromatic nitrogens is 2. The van der Waals surface area contributed by atoms with Gasteiger partial charge in [0, 0.05) is 5.69 Å². The fourth-order valence-corrected chi connectivity index (χ4v) is 2.45. The Morgan fingerprint density at radius 3 is 2.33 bits per heavy atom. The van der Waals surface area contributed by atoms with Gasteiger partial charge in [0.1, 0.15) is 18.0 Å². The van der Waals surface area contributed by atoms with Gasteiger partial charge in [-0.05, 0) is 38.1 Å². The molecule has 5 heteroatoms. The molecule has 5 nitrogen and oxygen atoms in total. The molecule has 0 spiro atoms. The zero-order valence-electron chi connectivity index (χ0n) is 13.7. The number of anilines is 1. The van der Waals surface area contributed by atoms with E-state index in [1.165, 1.54) is 0 Å². The van der Waals surface area contributed by atoms with Gasteiger partial charge in [0.15, 0.2) is 5.75 Å². The summed E-state index contributed by atoms with van der Waals surface area (Å²) < 4.78 is 7.56. The lowest BCUT2D eigenvalue weighted by molar-refractivity contribution is -0.116. The number of hydrogen-bond donors (Lipinski definition) is 1. The van der Waals surface area contributed by atoms with Gasteiger partial charge >= 0.3 is 0 Å². The van der Waals surface area contributed by atoms with Crippen molar-refractivity contribution in [3.63, 3.8) is 0 Å². The van der Waals surface area contributed by atoms with Crippen LogP contribution in [0.2, 0.25) is 0 Å². The maximum absolute atomic E-state index is 12.2. The Bertz CT molecular complexity index is 827. The van der Waals surface area contributed by atoms with Crippen LogP contribution >= 0.6 is 0 Å². The van der Waals surface area contributed by atoms with Crippen molar-refractivity contribution in [1.29, 1.82) is 0 Å². The molecule has 0 aliphatic carbocycles. The summed E-state index contributed by atoms with van der Waals surface area (Å²) in [6.45, 7) is 3.91. The van der Waals surface area contributed by atoms with E-state index in [4.69, 9.17) is 4.74 Å². The Labute approximate surface area is 140 Å². The van der Waals surface area contributed by atoms with E-state index in [1.54, 1.807) is 4.68 Å². The van der Waals surface area contributed by atoms with E-state index in [0.717, 1.165) is 22.8 Å².